The van der Waals surface area contributed by atoms with E-state index in [4.69, 9.17) is 9.47 Å². The van der Waals surface area contributed by atoms with E-state index in [0.29, 0.717) is 17.9 Å². The standard InChI is InChI=1S/C12H14O3/c1-3-7-15-9-12(13)10-5-4-6-11(8-10)14-2/h3-6,8H,1,7,9H2,2H3. The molecule has 0 unspecified atom stereocenters. The summed E-state index contributed by atoms with van der Waals surface area (Å²) in [4.78, 5) is 11.6. The second-order valence-corrected chi connectivity index (χ2v) is 2.96. The van der Waals surface area contributed by atoms with Crippen LogP contribution in [0.1, 0.15) is 10.4 Å². The van der Waals surface area contributed by atoms with Crippen LogP contribution in [0.15, 0.2) is 36.9 Å². The first-order valence-corrected chi connectivity index (χ1v) is 4.64. The van der Waals surface area contributed by atoms with Crippen molar-refractivity contribution in [1.29, 1.82) is 0 Å². The normalized spacial score (nSPS) is 9.67. The number of rotatable bonds is 6. The fourth-order valence-corrected chi connectivity index (χ4v) is 1.11. The van der Waals surface area contributed by atoms with Crippen molar-refractivity contribution in [3.63, 3.8) is 0 Å². The van der Waals surface area contributed by atoms with Crippen LogP contribution in [0.3, 0.4) is 0 Å². The maximum absolute atomic E-state index is 11.6. The number of methoxy groups -OCH3 is 1. The van der Waals surface area contributed by atoms with E-state index < -0.39 is 0 Å². The third-order valence-corrected chi connectivity index (χ3v) is 1.86. The predicted octanol–water partition coefficient (Wildman–Crippen LogP) is 2.08. The average Bonchev–Trinajstić information content (AvgIpc) is 2.29. The van der Waals surface area contributed by atoms with Gasteiger partial charge in [-0.05, 0) is 12.1 Å². The molecule has 0 amide bonds. The molecule has 3 nitrogen and oxygen atoms in total. The van der Waals surface area contributed by atoms with E-state index in [1.54, 1.807) is 37.5 Å². The molecule has 0 aliphatic heterocycles. The van der Waals surface area contributed by atoms with Crippen molar-refractivity contribution >= 4 is 5.78 Å². The van der Waals surface area contributed by atoms with Gasteiger partial charge in [0, 0.05) is 5.56 Å². The summed E-state index contributed by atoms with van der Waals surface area (Å²) in [6, 6.07) is 7.00. The van der Waals surface area contributed by atoms with E-state index in [2.05, 4.69) is 6.58 Å². The molecule has 80 valence electrons. The first-order valence-electron chi connectivity index (χ1n) is 4.64. The van der Waals surface area contributed by atoms with Gasteiger partial charge in [-0.25, -0.2) is 0 Å². The topological polar surface area (TPSA) is 35.5 Å². The monoisotopic (exact) mass is 206 g/mol. The van der Waals surface area contributed by atoms with Gasteiger partial charge in [-0.2, -0.15) is 0 Å². The molecule has 0 atom stereocenters. The van der Waals surface area contributed by atoms with Gasteiger partial charge in [0.1, 0.15) is 12.4 Å². The lowest BCUT2D eigenvalue weighted by molar-refractivity contribution is 0.0806. The Labute approximate surface area is 89.3 Å². The van der Waals surface area contributed by atoms with E-state index in [0.717, 1.165) is 0 Å². The zero-order chi connectivity index (χ0) is 11.1. The molecule has 15 heavy (non-hydrogen) atoms. The molecule has 1 rings (SSSR count). The summed E-state index contributed by atoms with van der Waals surface area (Å²) in [5, 5.41) is 0. The van der Waals surface area contributed by atoms with Gasteiger partial charge in [0.05, 0.1) is 13.7 Å². The molecule has 0 bridgehead atoms. The average molecular weight is 206 g/mol. The molecule has 0 saturated carbocycles. The molecule has 0 fully saturated rings. The van der Waals surface area contributed by atoms with Crippen molar-refractivity contribution in [2.45, 2.75) is 0 Å². The fraction of sp³-hybridized carbons (Fsp3) is 0.250. The number of hydrogen-bond acceptors (Lipinski definition) is 3. The number of hydrogen-bond donors (Lipinski definition) is 0. The largest absolute Gasteiger partial charge is 0.497 e. The van der Waals surface area contributed by atoms with Crippen molar-refractivity contribution in [3.05, 3.63) is 42.5 Å². The molecule has 1 aromatic rings. The predicted molar refractivity (Wildman–Crippen MR) is 58.3 cm³/mol. The molecule has 1 aromatic carbocycles. The van der Waals surface area contributed by atoms with Crippen LogP contribution >= 0.6 is 0 Å². The zero-order valence-corrected chi connectivity index (χ0v) is 8.73. The summed E-state index contributed by atoms with van der Waals surface area (Å²) in [5.74, 6) is 0.611. The molecule has 0 spiro atoms. The Balaban J connectivity index is 2.60. The zero-order valence-electron chi connectivity index (χ0n) is 8.73. The minimum absolute atomic E-state index is 0.0595. The Kier molecular flexibility index (Phi) is 4.57. The highest BCUT2D eigenvalue weighted by Gasteiger charge is 2.06. The number of carbonyl (C=O) groups is 1. The number of Topliss-reactive ketones (excluding diaryl/α,β-unsaturated/α-hetero) is 1. The van der Waals surface area contributed by atoms with E-state index in [1.165, 1.54) is 0 Å². The molecular weight excluding hydrogens is 192 g/mol. The van der Waals surface area contributed by atoms with Crippen molar-refractivity contribution < 1.29 is 14.3 Å². The Morgan fingerprint density at radius 3 is 3.00 bits per heavy atom. The highest BCUT2D eigenvalue weighted by molar-refractivity contribution is 5.97. The van der Waals surface area contributed by atoms with Gasteiger partial charge in [0.2, 0.25) is 0 Å². The number of ketones is 1. The molecule has 0 N–H and O–H groups in total. The van der Waals surface area contributed by atoms with Gasteiger partial charge in [-0.3, -0.25) is 4.79 Å². The first kappa shape index (κ1) is 11.5. The van der Waals surface area contributed by atoms with Crippen LogP contribution in [0, 0.1) is 0 Å². The molecule has 0 radical (unpaired) electrons. The van der Waals surface area contributed by atoms with E-state index in [1.807, 2.05) is 0 Å². The maximum atomic E-state index is 11.6. The fourth-order valence-electron chi connectivity index (χ4n) is 1.11. The smallest absolute Gasteiger partial charge is 0.188 e. The summed E-state index contributed by atoms with van der Waals surface area (Å²) in [5.41, 5.74) is 0.596. The minimum atomic E-state index is -0.0595. The van der Waals surface area contributed by atoms with Crippen molar-refractivity contribution in [2.24, 2.45) is 0 Å². The Morgan fingerprint density at radius 1 is 1.53 bits per heavy atom. The second kappa shape index (κ2) is 5.98. The number of ether oxygens (including phenoxy) is 2. The van der Waals surface area contributed by atoms with Crippen LogP contribution in [0.4, 0.5) is 0 Å². The SMILES string of the molecule is C=CCOCC(=O)c1cccc(OC)c1. The van der Waals surface area contributed by atoms with Gasteiger partial charge in [-0.1, -0.05) is 18.2 Å². The lowest BCUT2D eigenvalue weighted by atomic mass is 10.1. The lowest BCUT2D eigenvalue weighted by Crippen LogP contribution is -2.09. The van der Waals surface area contributed by atoms with E-state index in [-0.39, 0.29) is 12.4 Å². The van der Waals surface area contributed by atoms with Gasteiger partial charge >= 0.3 is 0 Å². The Morgan fingerprint density at radius 2 is 2.33 bits per heavy atom. The van der Waals surface area contributed by atoms with Gasteiger partial charge < -0.3 is 9.47 Å². The Hall–Kier alpha value is -1.61. The quantitative estimate of drug-likeness (QED) is 0.406. The first-order chi connectivity index (χ1) is 7.27. The molecule has 0 heterocycles. The maximum Gasteiger partial charge on any atom is 0.188 e. The van der Waals surface area contributed by atoms with E-state index in [9.17, 15) is 4.79 Å². The van der Waals surface area contributed by atoms with Gasteiger partial charge in [0.25, 0.3) is 0 Å². The second-order valence-electron chi connectivity index (χ2n) is 2.96. The third-order valence-electron chi connectivity index (χ3n) is 1.86. The van der Waals surface area contributed by atoms with Crippen molar-refractivity contribution in [1.82, 2.24) is 0 Å². The highest BCUT2D eigenvalue weighted by atomic mass is 16.5. The molecule has 3 heteroatoms. The highest BCUT2D eigenvalue weighted by Crippen LogP contribution is 2.12. The molecule has 0 aliphatic rings. The van der Waals surface area contributed by atoms with Gasteiger partial charge in [0.15, 0.2) is 5.78 Å². The Bertz CT molecular complexity index is 344. The third kappa shape index (κ3) is 3.56. The summed E-state index contributed by atoms with van der Waals surface area (Å²) in [6.07, 6.45) is 1.61. The van der Waals surface area contributed by atoms with Crippen LogP contribution in [0.2, 0.25) is 0 Å². The number of carbonyl (C=O) groups excluding carboxylic acids is 1. The van der Waals surface area contributed by atoms with Crippen LogP contribution in [0.5, 0.6) is 5.75 Å². The summed E-state index contributed by atoms with van der Waals surface area (Å²) >= 11 is 0. The van der Waals surface area contributed by atoms with Crippen molar-refractivity contribution in [3.8, 4) is 5.75 Å². The van der Waals surface area contributed by atoms with Crippen LogP contribution in [0.25, 0.3) is 0 Å². The summed E-state index contributed by atoms with van der Waals surface area (Å²) in [7, 11) is 1.57. The summed E-state index contributed by atoms with van der Waals surface area (Å²) in [6.45, 7) is 3.95. The molecule has 0 saturated heterocycles. The molecule has 0 aliphatic carbocycles. The molecule has 0 aromatic heterocycles. The number of benzene rings is 1. The van der Waals surface area contributed by atoms with Gasteiger partial charge in [-0.15, -0.1) is 6.58 Å². The lowest BCUT2D eigenvalue weighted by Gasteiger charge is -2.03. The van der Waals surface area contributed by atoms with Crippen LogP contribution in [-0.4, -0.2) is 26.1 Å². The van der Waals surface area contributed by atoms with Crippen molar-refractivity contribution in [2.75, 3.05) is 20.3 Å². The van der Waals surface area contributed by atoms with Crippen LogP contribution in [-0.2, 0) is 4.74 Å². The molecular formula is C12H14O3. The minimum Gasteiger partial charge on any atom is -0.497 e. The van der Waals surface area contributed by atoms with E-state index >= 15 is 0 Å². The summed E-state index contributed by atoms with van der Waals surface area (Å²) < 4.78 is 10.1. The van der Waals surface area contributed by atoms with Crippen LogP contribution < -0.4 is 4.74 Å².